The molecule has 5 heteroatoms. The summed E-state index contributed by atoms with van der Waals surface area (Å²) in [5, 5.41) is 0. The van der Waals surface area contributed by atoms with Crippen molar-refractivity contribution >= 4 is 5.91 Å². The molecule has 0 radical (unpaired) electrons. The van der Waals surface area contributed by atoms with E-state index in [2.05, 4.69) is 4.98 Å². The van der Waals surface area contributed by atoms with Gasteiger partial charge in [-0.05, 0) is 18.9 Å². The highest BCUT2D eigenvalue weighted by Crippen LogP contribution is 2.12. The van der Waals surface area contributed by atoms with Gasteiger partial charge in [0.1, 0.15) is 5.56 Å². The van der Waals surface area contributed by atoms with Gasteiger partial charge >= 0.3 is 0 Å². The van der Waals surface area contributed by atoms with E-state index in [0.29, 0.717) is 25.3 Å². The summed E-state index contributed by atoms with van der Waals surface area (Å²) in [5.74, 6) is -0.210. The first-order valence-electron chi connectivity index (χ1n) is 6.27. The molecule has 5 nitrogen and oxygen atoms in total. The van der Waals surface area contributed by atoms with E-state index in [0.717, 1.165) is 6.42 Å². The number of amides is 1. The van der Waals surface area contributed by atoms with Gasteiger partial charge in [0, 0.05) is 38.2 Å². The average molecular weight is 262 g/mol. The fourth-order valence-corrected chi connectivity index (χ4v) is 2.13. The number of aromatic amines is 1. The van der Waals surface area contributed by atoms with Crippen molar-refractivity contribution in [2.24, 2.45) is 0 Å². The maximum Gasteiger partial charge on any atom is 0.259 e. The van der Waals surface area contributed by atoms with Crippen LogP contribution in [0.1, 0.15) is 22.3 Å². The minimum atomic E-state index is -0.210. The Labute approximate surface area is 111 Å². The fraction of sp³-hybridized carbons (Fsp3) is 0.429. The van der Waals surface area contributed by atoms with E-state index in [1.807, 2.05) is 6.08 Å². The molecule has 2 rings (SSSR count). The van der Waals surface area contributed by atoms with Crippen LogP contribution < -0.4 is 5.43 Å². The van der Waals surface area contributed by atoms with Crippen LogP contribution in [0, 0.1) is 6.92 Å². The molecule has 0 saturated carbocycles. The third kappa shape index (κ3) is 2.93. The Balaban J connectivity index is 2.14. The lowest BCUT2D eigenvalue weighted by Crippen LogP contribution is -2.38. The van der Waals surface area contributed by atoms with Crippen LogP contribution in [-0.4, -0.2) is 42.6 Å². The number of hydrogen-bond acceptors (Lipinski definition) is 3. The summed E-state index contributed by atoms with van der Waals surface area (Å²) in [7, 11) is 1.66. The van der Waals surface area contributed by atoms with Gasteiger partial charge in [0.2, 0.25) is 0 Å². The number of nitrogens with one attached hydrogen (secondary N) is 1. The molecule has 0 atom stereocenters. The lowest BCUT2D eigenvalue weighted by molar-refractivity contribution is 0.0763. The fourth-order valence-electron chi connectivity index (χ4n) is 2.13. The minimum absolute atomic E-state index is 0.199. The van der Waals surface area contributed by atoms with Crippen molar-refractivity contribution in [3.05, 3.63) is 45.4 Å². The molecule has 0 unspecified atom stereocenters. The molecule has 19 heavy (non-hydrogen) atoms. The number of carbonyl (C=O) groups excluding carboxylic acids is 1. The number of H-pyrrole nitrogens is 1. The summed E-state index contributed by atoms with van der Waals surface area (Å²) in [6.07, 6.45) is 5.87. The number of ether oxygens (including phenoxy) is 1. The lowest BCUT2D eigenvalue weighted by Gasteiger charge is -2.26. The Morgan fingerprint density at radius 3 is 2.89 bits per heavy atom. The predicted octanol–water partition coefficient (Wildman–Crippen LogP) is 1.10. The third-order valence-electron chi connectivity index (χ3n) is 3.28. The molecule has 0 saturated heterocycles. The molecule has 0 fully saturated rings. The van der Waals surface area contributed by atoms with E-state index in [-0.39, 0.29) is 16.9 Å². The van der Waals surface area contributed by atoms with E-state index in [1.165, 1.54) is 11.8 Å². The topological polar surface area (TPSA) is 62.4 Å². The third-order valence-corrected chi connectivity index (χ3v) is 3.28. The van der Waals surface area contributed by atoms with Crippen molar-refractivity contribution in [3.63, 3.8) is 0 Å². The summed E-state index contributed by atoms with van der Waals surface area (Å²) in [4.78, 5) is 28.7. The van der Waals surface area contributed by atoms with Gasteiger partial charge in [0.05, 0.1) is 6.61 Å². The van der Waals surface area contributed by atoms with Crippen molar-refractivity contribution in [2.75, 3.05) is 26.8 Å². The van der Waals surface area contributed by atoms with Gasteiger partial charge < -0.3 is 14.6 Å². The van der Waals surface area contributed by atoms with Gasteiger partial charge in [-0.25, -0.2) is 0 Å². The summed E-state index contributed by atoms with van der Waals surface area (Å²) < 4.78 is 5.07. The van der Waals surface area contributed by atoms with E-state index < -0.39 is 0 Å². The molecule has 0 aromatic carbocycles. The second-order valence-corrected chi connectivity index (χ2v) is 4.68. The number of nitrogens with zero attached hydrogens (tertiary/aromatic N) is 1. The molecule has 1 aromatic heterocycles. The molecule has 0 spiro atoms. The second kappa shape index (κ2) is 5.84. The highest BCUT2D eigenvalue weighted by atomic mass is 16.5. The molecule has 1 N–H and O–H groups in total. The van der Waals surface area contributed by atoms with Crippen LogP contribution in [-0.2, 0) is 4.74 Å². The van der Waals surface area contributed by atoms with Gasteiger partial charge in [-0.3, -0.25) is 9.59 Å². The molecular formula is C14H18N2O3. The number of carbonyl (C=O) groups is 1. The van der Waals surface area contributed by atoms with Crippen molar-refractivity contribution < 1.29 is 9.53 Å². The SMILES string of the molecule is COCC1=CCN(C(=O)c2c[nH]cc(C)c2=O)CC1. The molecule has 1 aromatic rings. The van der Waals surface area contributed by atoms with E-state index in [1.54, 1.807) is 25.1 Å². The highest BCUT2D eigenvalue weighted by Gasteiger charge is 2.21. The summed E-state index contributed by atoms with van der Waals surface area (Å²) >= 11 is 0. The van der Waals surface area contributed by atoms with Crippen LogP contribution in [0.15, 0.2) is 28.8 Å². The van der Waals surface area contributed by atoms with Gasteiger partial charge in [-0.15, -0.1) is 0 Å². The molecule has 1 aliphatic heterocycles. The maximum atomic E-state index is 12.3. The van der Waals surface area contributed by atoms with Crippen LogP contribution in [0.2, 0.25) is 0 Å². The largest absolute Gasteiger partial charge is 0.380 e. The Morgan fingerprint density at radius 1 is 1.47 bits per heavy atom. The lowest BCUT2D eigenvalue weighted by atomic mass is 10.1. The van der Waals surface area contributed by atoms with E-state index in [9.17, 15) is 9.59 Å². The van der Waals surface area contributed by atoms with Crippen LogP contribution in [0.4, 0.5) is 0 Å². The van der Waals surface area contributed by atoms with Gasteiger partial charge in [-0.1, -0.05) is 6.08 Å². The number of hydrogen-bond donors (Lipinski definition) is 1. The molecule has 1 aliphatic rings. The van der Waals surface area contributed by atoms with Crippen molar-refractivity contribution in [1.29, 1.82) is 0 Å². The molecule has 102 valence electrons. The van der Waals surface area contributed by atoms with Crippen molar-refractivity contribution in [1.82, 2.24) is 9.88 Å². The van der Waals surface area contributed by atoms with E-state index in [4.69, 9.17) is 4.74 Å². The smallest absolute Gasteiger partial charge is 0.259 e. The van der Waals surface area contributed by atoms with Gasteiger partial charge in [0.15, 0.2) is 5.43 Å². The molecule has 0 aliphatic carbocycles. The van der Waals surface area contributed by atoms with Crippen LogP contribution in [0.5, 0.6) is 0 Å². The van der Waals surface area contributed by atoms with E-state index >= 15 is 0 Å². The molecule has 0 bridgehead atoms. The van der Waals surface area contributed by atoms with Crippen LogP contribution in [0.3, 0.4) is 0 Å². The zero-order valence-corrected chi connectivity index (χ0v) is 11.2. The zero-order chi connectivity index (χ0) is 13.8. The summed E-state index contributed by atoms with van der Waals surface area (Å²) in [6.45, 7) is 3.46. The number of aryl methyl sites for hydroxylation is 1. The quantitative estimate of drug-likeness (QED) is 0.830. The summed E-state index contributed by atoms with van der Waals surface area (Å²) in [5.41, 5.74) is 1.77. The highest BCUT2D eigenvalue weighted by molar-refractivity contribution is 5.94. The van der Waals surface area contributed by atoms with Gasteiger partial charge in [0.25, 0.3) is 5.91 Å². The Bertz CT molecular complexity index is 560. The second-order valence-electron chi connectivity index (χ2n) is 4.68. The number of rotatable bonds is 3. The van der Waals surface area contributed by atoms with Crippen molar-refractivity contribution in [3.8, 4) is 0 Å². The standard InChI is InChI=1S/C14H18N2O3/c1-10-7-15-8-12(13(10)17)14(18)16-5-3-11(4-6-16)9-19-2/h3,7-8H,4-6,9H2,1-2H3,(H,15,17). The Hall–Kier alpha value is -1.88. The number of pyridine rings is 1. The number of methoxy groups -OCH3 is 1. The minimum Gasteiger partial charge on any atom is -0.380 e. The first-order valence-corrected chi connectivity index (χ1v) is 6.27. The van der Waals surface area contributed by atoms with Crippen LogP contribution in [0.25, 0.3) is 0 Å². The monoisotopic (exact) mass is 262 g/mol. The Kier molecular flexibility index (Phi) is 4.16. The van der Waals surface area contributed by atoms with Gasteiger partial charge in [-0.2, -0.15) is 0 Å². The molecule has 2 heterocycles. The number of aromatic nitrogens is 1. The average Bonchev–Trinajstić information content (AvgIpc) is 2.42. The predicted molar refractivity (Wildman–Crippen MR) is 72.3 cm³/mol. The normalized spacial score (nSPS) is 15.3. The Morgan fingerprint density at radius 2 is 2.26 bits per heavy atom. The van der Waals surface area contributed by atoms with Crippen LogP contribution >= 0.6 is 0 Å². The first kappa shape index (κ1) is 13.5. The summed E-state index contributed by atoms with van der Waals surface area (Å²) in [6, 6.07) is 0. The molecular weight excluding hydrogens is 244 g/mol. The first-order chi connectivity index (χ1) is 9.13. The zero-order valence-electron chi connectivity index (χ0n) is 11.2. The molecule has 1 amide bonds. The maximum absolute atomic E-state index is 12.3. The van der Waals surface area contributed by atoms with Crippen molar-refractivity contribution in [2.45, 2.75) is 13.3 Å².